The van der Waals surface area contributed by atoms with Crippen LogP contribution in [0.3, 0.4) is 0 Å². The van der Waals surface area contributed by atoms with Gasteiger partial charge in [-0.15, -0.1) is 0 Å². The van der Waals surface area contributed by atoms with Crippen molar-refractivity contribution in [3.8, 4) is 11.8 Å². The van der Waals surface area contributed by atoms with Gasteiger partial charge in [0.15, 0.2) is 5.82 Å². The quantitative estimate of drug-likeness (QED) is 0.536. The van der Waals surface area contributed by atoms with Crippen LogP contribution < -0.4 is 9.47 Å². The molecule has 12 heteroatoms. The summed E-state index contributed by atoms with van der Waals surface area (Å²) in [6.45, 7) is 5.55. The summed E-state index contributed by atoms with van der Waals surface area (Å²) in [4.78, 5) is 32.3. The van der Waals surface area contributed by atoms with E-state index in [9.17, 15) is 27.2 Å². The van der Waals surface area contributed by atoms with Gasteiger partial charge >= 0.3 is 12.3 Å². The van der Waals surface area contributed by atoms with Gasteiger partial charge in [0, 0.05) is 19.2 Å². The predicted octanol–water partition coefficient (Wildman–Crippen LogP) is 4.31. The van der Waals surface area contributed by atoms with Gasteiger partial charge in [0.05, 0.1) is 19.6 Å². The van der Waals surface area contributed by atoms with Gasteiger partial charge in [-0.25, -0.2) is 9.18 Å². The van der Waals surface area contributed by atoms with Crippen molar-refractivity contribution in [1.29, 1.82) is 0 Å². The Morgan fingerprint density at radius 2 is 1.86 bits per heavy atom. The van der Waals surface area contributed by atoms with E-state index in [1.807, 2.05) is 0 Å². The largest absolute Gasteiger partial charge is 0.481 e. The second-order valence-corrected chi connectivity index (χ2v) is 9.92. The fraction of sp³-hybridized carbons (Fsp3) is 0.696. The van der Waals surface area contributed by atoms with Crippen molar-refractivity contribution < 1.29 is 41.4 Å². The molecule has 0 aromatic carbocycles. The van der Waals surface area contributed by atoms with E-state index < -0.39 is 47.6 Å². The molecule has 1 saturated carbocycles. The van der Waals surface area contributed by atoms with Gasteiger partial charge in [-0.3, -0.25) is 9.69 Å². The van der Waals surface area contributed by atoms with Crippen LogP contribution in [0.2, 0.25) is 0 Å². The second kappa shape index (κ2) is 10.1. The summed E-state index contributed by atoms with van der Waals surface area (Å²) < 4.78 is 68.6. The Morgan fingerprint density at radius 3 is 2.43 bits per heavy atom. The number of ether oxygens (including phenoxy) is 3. The lowest BCUT2D eigenvalue weighted by atomic mass is 9.82. The van der Waals surface area contributed by atoms with Crippen LogP contribution in [0.1, 0.15) is 52.0 Å². The number of pyridine rings is 1. The second-order valence-electron chi connectivity index (χ2n) is 9.92. The van der Waals surface area contributed by atoms with Gasteiger partial charge in [0.2, 0.25) is 11.8 Å². The Hall–Kier alpha value is -2.79. The highest BCUT2D eigenvalue weighted by atomic mass is 19.4. The molecule has 2 fully saturated rings. The standard InChI is InChI=1S/C23H31F4N3O5/c1-22(2,3)35-21(32)30-8-6-7-17(30)20(31)29(4)12-13-9-16(24)19(28-18(13)33-5)34-15-10-14(11-15)23(25,26)27/h9,14-15,17H,6-8,10-12H2,1-5H3. The van der Waals surface area contributed by atoms with Gasteiger partial charge in [0.25, 0.3) is 5.88 Å². The molecule has 1 atom stereocenters. The lowest BCUT2D eigenvalue weighted by molar-refractivity contribution is -0.210. The number of halogens is 4. The average Bonchev–Trinajstić information content (AvgIpc) is 3.18. The molecule has 1 saturated heterocycles. The van der Waals surface area contributed by atoms with Gasteiger partial charge in [-0.05, 0) is 52.5 Å². The van der Waals surface area contributed by atoms with Crippen LogP contribution >= 0.6 is 0 Å². The maximum atomic E-state index is 14.7. The first-order valence-electron chi connectivity index (χ1n) is 11.4. The first kappa shape index (κ1) is 26.8. The zero-order valence-corrected chi connectivity index (χ0v) is 20.4. The molecule has 0 bridgehead atoms. The third-order valence-corrected chi connectivity index (χ3v) is 5.96. The van der Waals surface area contributed by atoms with Crippen molar-refractivity contribution in [3.63, 3.8) is 0 Å². The first-order valence-corrected chi connectivity index (χ1v) is 11.4. The molecular formula is C23H31F4N3O5. The van der Waals surface area contributed by atoms with Crippen molar-refractivity contribution in [3.05, 3.63) is 17.4 Å². The normalized spacial score (nSPS) is 22.4. The van der Waals surface area contributed by atoms with Crippen LogP contribution in [0.5, 0.6) is 11.8 Å². The van der Waals surface area contributed by atoms with E-state index in [2.05, 4.69) is 4.98 Å². The third kappa shape index (κ3) is 6.46. The minimum absolute atomic E-state index is 0.0110. The number of carbonyl (C=O) groups is 2. The summed E-state index contributed by atoms with van der Waals surface area (Å²) in [5.74, 6) is -3.13. The fourth-order valence-corrected chi connectivity index (χ4v) is 4.10. The van der Waals surface area contributed by atoms with Crippen LogP contribution in [-0.4, -0.2) is 71.4 Å². The molecule has 8 nitrogen and oxygen atoms in total. The van der Waals surface area contributed by atoms with Gasteiger partial charge < -0.3 is 19.1 Å². The Morgan fingerprint density at radius 1 is 1.20 bits per heavy atom. The summed E-state index contributed by atoms with van der Waals surface area (Å²) in [6.07, 6.45) is -5.07. The number of amides is 2. The zero-order chi connectivity index (χ0) is 26.1. The predicted molar refractivity (Wildman–Crippen MR) is 116 cm³/mol. The number of likely N-dealkylation sites (tertiary alicyclic amines) is 1. The SMILES string of the molecule is COc1nc(OC2CC(C(F)(F)F)C2)c(F)cc1CN(C)C(=O)C1CCCN1C(=O)OC(C)(C)C. The van der Waals surface area contributed by atoms with Crippen molar-refractivity contribution in [2.75, 3.05) is 20.7 Å². The third-order valence-electron chi connectivity index (χ3n) is 5.96. The topological polar surface area (TPSA) is 81.2 Å². The average molecular weight is 506 g/mol. The molecule has 0 radical (unpaired) electrons. The molecule has 35 heavy (non-hydrogen) atoms. The van der Waals surface area contributed by atoms with Crippen LogP contribution in [0.15, 0.2) is 6.07 Å². The number of hydrogen-bond acceptors (Lipinski definition) is 6. The van der Waals surface area contributed by atoms with Gasteiger partial charge in [0.1, 0.15) is 17.7 Å². The van der Waals surface area contributed by atoms with Crippen molar-refractivity contribution in [2.24, 2.45) is 5.92 Å². The van der Waals surface area contributed by atoms with Crippen LogP contribution in [0.4, 0.5) is 22.4 Å². The Labute approximate surface area is 201 Å². The maximum Gasteiger partial charge on any atom is 0.410 e. The molecule has 1 aromatic heterocycles. The van der Waals surface area contributed by atoms with Crippen molar-refractivity contribution in [2.45, 2.75) is 76.9 Å². The lowest BCUT2D eigenvalue weighted by Crippen LogP contribution is -2.47. The Bertz CT molecular complexity index is 944. The number of methoxy groups -OCH3 is 1. The molecule has 2 aliphatic rings. The van der Waals surface area contributed by atoms with E-state index in [0.717, 1.165) is 6.07 Å². The Balaban J connectivity index is 1.66. The summed E-state index contributed by atoms with van der Waals surface area (Å²) in [5, 5.41) is 0. The molecular weight excluding hydrogens is 474 g/mol. The first-order chi connectivity index (χ1) is 16.2. The number of likely N-dealkylation sites (N-methyl/N-ethyl adjacent to an activating group) is 1. The lowest BCUT2D eigenvalue weighted by Gasteiger charge is -2.36. The summed E-state index contributed by atoms with van der Waals surface area (Å²) in [6, 6.07) is 0.381. The number of alkyl halides is 3. The molecule has 1 aliphatic carbocycles. The van der Waals surface area contributed by atoms with Crippen molar-refractivity contribution >= 4 is 12.0 Å². The van der Waals surface area contributed by atoms with Gasteiger partial charge in [-0.1, -0.05) is 0 Å². The van der Waals surface area contributed by atoms with Crippen molar-refractivity contribution in [1.82, 2.24) is 14.8 Å². The van der Waals surface area contributed by atoms with Crippen LogP contribution in [0, 0.1) is 11.7 Å². The molecule has 196 valence electrons. The number of nitrogens with zero attached hydrogens (tertiary/aromatic N) is 3. The number of aromatic nitrogens is 1. The Kier molecular flexibility index (Phi) is 7.71. The zero-order valence-electron chi connectivity index (χ0n) is 20.4. The maximum absolute atomic E-state index is 14.7. The van der Waals surface area contributed by atoms with Crippen LogP contribution in [-0.2, 0) is 16.1 Å². The minimum atomic E-state index is -4.30. The highest BCUT2D eigenvalue weighted by molar-refractivity contribution is 5.86. The molecule has 0 N–H and O–H groups in total. The molecule has 1 aromatic rings. The van der Waals surface area contributed by atoms with E-state index in [-0.39, 0.29) is 36.7 Å². The summed E-state index contributed by atoms with van der Waals surface area (Å²) >= 11 is 0. The molecule has 2 amide bonds. The molecule has 0 spiro atoms. The smallest absolute Gasteiger partial charge is 0.410 e. The molecule has 3 rings (SSSR count). The fourth-order valence-electron chi connectivity index (χ4n) is 4.10. The monoisotopic (exact) mass is 505 g/mol. The highest BCUT2D eigenvalue weighted by Crippen LogP contribution is 2.43. The van der Waals surface area contributed by atoms with E-state index >= 15 is 0 Å². The molecule has 1 unspecified atom stereocenters. The number of hydrogen-bond donors (Lipinski definition) is 0. The van der Waals surface area contributed by atoms with Crippen LogP contribution in [0.25, 0.3) is 0 Å². The number of rotatable bonds is 6. The molecule has 2 heterocycles. The summed E-state index contributed by atoms with van der Waals surface area (Å²) in [7, 11) is 2.82. The van der Waals surface area contributed by atoms with E-state index in [4.69, 9.17) is 14.2 Å². The number of carbonyl (C=O) groups excluding carboxylic acids is 2. The summed E-state index contributed by atoms with van der Waals surface area (Å²) in [5.41, 5.74) is -0.455. The van der Waals surface area contributed by atoms with Gasteiger partial charge in [-0.2, -0.15) is 18.2 Å². The van der Waals surface area contributed by atoms with E-state index in [0.29, 0.717) is 19.4 Å². The van der Waals surface area contributed by atoms with E-state index in [1.165, 1.54) is 24.0 Å². The van der Waals surface area contributed by atoms with E-state index in [1.54, 1.807) is 20.8 Å². The molecule has 1 aliphatic heterocycles. The highest BCUT2D eigenvalue weighted by Gasteiger charge is 2.49. The minimum Gasteiger partial charge on any atom is -0.481 e.